The van der Waals surface area contributed by atoms with Crippen LogP contribution in [0.5, 0.6) is 0 Å². The van der Waals surface area contributed by atoms with Gasteiger partial charge in [0.05, 0.1) is 19.0 Å². The van der Waals surface area contributed by atoms with Crippen molar-refractivity contribution < 1.29 is 13.2 Å². The Morgan fingerprint density at radius 2 is 2.17 bits per heavy atom. The highest BCUT2D eigenvalue weighted by atomic mass is 35.5. The smallest absolute Gasteiger partial charge is 0.264 e. The maximum Gasteiger partial charge on any atom is 0.264 e. The number of aryl methyl sites for hydroxylation is 1. The second kappa shape index (κ2) is 4.80. The number of sulfonamides is 1. The predicted molar refractivity (Wildman–Crippen MR) is 67.0 cm³/mol. The molecule has 1 fully saturated rings. The fourth-order valence-corrected chi connectivity index (χ4v) is 3.97. The maximum absolute atomic E-state index is 12.5. The number of rotatable bonds is 2. The van der Waals surface area contributed by atoms with Gasteiger partial charge in [-0.3, -0.25) is 0 Å². The van der Waals surface area contributed by atoms with Crippen LogP contribution in [0.15, 0.2) is 11.4 Å². The van der Waals surface area contributed by atoms with Crippen LogP contribution in [-0.2, 0) is 21.8 Å². The zero-order valence-electron chi connectivity index (χ0n) is 10.5. The van der Waals surface area contributed by atoms with Crippen molar-refractivity contribution in [2.45, 2.75) is 31.0 Å². The number of morpholine rings is 1. The number of ether oxygens (including phenoxy) is 1. The molecule has 0 radical (unpaired) electrons. The first-order valence-corrected chi connectivity index (χ1v) is 7.46. The topological polar surface area (TPSA) is 64.4 Å². The Labute approximate surface area is 112 Å². The summed E-state index contributed by atoms with van der Waals surface area (Å²) < 4.78 is 33.3. The molecule has 1 aromatic heterocycles. The van der Waals surface area contributed by atoms with E-state index in [0.717, 1.165) is 0 Å². The Morgan fingerprint density at radius 1 is 1.50 bits per heavy atom. The summed E-state index contributed by atoms with van der Waals surface area (Å²) in [6.45, 7) is 4.34. The molecule has 0 N–H and O–H groups in total. The highest BCUT2D eigenvalue weighted by Gasteiger charge is 2.37. The van der Waals surface area contributed by atoms with Gasteiger partial charge in [-0.25, -0.2) is 13.4 Å². The second-order valence-corrected chi connectivity index (χ2v) is 6.68. The summed E-state index contributed by atoms with van der Waals surface area (Å²) in [5.41, 5.74) is 0. The van der Waals surface area contributed by atoms with E-state index in [1.807, 2.05) is 6.92 Å². The van der Waals surface area contributed by atoms with Crippen molar-refractivity contribution >= 4 is 21.6 Å². The quantitative estimate of drug-likeness (QED) is 0.812. The first kappa shape index (κ1) is 13.8. The normalized spacial score (nSPS) is 26.4. The highest BCUT2D eigenvalue weighted by Crippen LogP contribution is 2.26. The molecule has 1 saturated heterocycles. The lowest BCUT2D eigenvalue weighted by molar-refractivity contribution is -0.0171. The van der Waals surface area contributed by atoms with Crippen molar-refractivity contribution in [3.63, 3.8) is 0 Å². The van der Waals surface area contributed by atoms with Gasteiger partial charge in [0.15, 0.2) is 0 Å². The molecule has 0 aliphatic carbocycles. The standard InChI is InChI=1S/C10H16ClN3O3S/c1-7-5-17-8(2)4-14(7)18(15,16)10-9(11)13(3)6-12-10/h6-8H,4-5H2,1-3H3/t7-,8-/m0/s1. The first-order valence-electron chi connectivity index (χ1n) is 5.64. The van der Waals surface area contributed by atoms with Crippen LogP contribution >= 0.6 is 11.6 Å². The van der Waals surface area contributed by atoms with E-state index in [4.69, 9.17) is 16.3 Å². The molecule has 2 heterocycles. The van der Waals surface area contributed by atoms with Gasteiger partial charge in [-0.05, 0) is 13.8 Å². The summed E-state index contributed by atoms with van der Waals surface area (Å²) in [5.74, 6) is 0. The van der Waals surface area contributed by atoms with E-state index in [9.17, 15) is 8.42 Å². The van der Waals surface area contributed by atoms with Crippen molar-refractivity contribution in [2.75, 3.05) is 13.2 Å². The number of imidazole rings is 1. The molecule has 0 aromatic carbocycles. The summed E-state index contributed by atoms with van der Waals surface area (Å²) in [6, 6.07) is -0.218. The van der Waals surface area contributed by atoms with E-state index in [1.54, 1.807) is 14.0 Å². The molecule has 0 spiro atoms. The minimum Gasteiger partial charge on any atom is -0.375 e. The van der Waals surface area contributed by atoms with Gasteiger partial charge in [-0.15, -0.1) is 0 Å². The van der Waals surface area contributed by atoms with Gasteiger partial charge in [-0.2, -0.15) is 4.31 Å². The highest BCUT2D eigenvalue weighted by molar-refractivity contribution is 7.89. The monoisotopic (exact) mass is 293 g/mol. The largest absolute Gasteiger partial charge is 0.375 e. The van der Waals surface area contributed by atoms with Crippen LogP contribution in [0.1, 0.15) is 13.8 Å². The first-order chi connectivity index (χ1) is 8.34. The third kappa shape index (κ3) is 2.27. The van der Waals surface area contributed by atoms with Crippen molar-refractivity contribution in [1.82, 2.24) is 13.9 Å². The Balaban J connectivity index is 2.39. The maximum atomic E-state index is 12.5. The Bertz CT molecular complexity index is 543. The van der Waals surface area contributed by atoms with E-state index in [1.165, 1.54) is 15.2 Å². The molecule has 102 valence electrons. The summed E-state index contributed by atoms with van der Waals surface area (Å²) in [7, 11) is -2.01. The van der Waals surface area contributed by atoms with Crippen LogP contribution in [0, 0.1) is 0 Å². The van der Waals surface area contributed by atoms with Crippen LogP contribution in [0.4, 0.5) is 0 Å². The van der Waals surface area contributed by atoms with E-state index >= 15 is 0 Å². The van der Waals surface area contributed by atoms with Crippen LogP contribution in [-0.4, -0.2) is 47.6 Å². The van der Waals surface area contributed by atoms with Crippen molar-refractivity contribution in [3.8, 4) is 0 Å². The van der Waals surface area contributed by atoms with Crippen molar-refractivity contribution in [1.29, 1.82) is 0 Å². The van der Waals surface area contributed by atoms with Gasteiger partial charge in [-0.1, -0.05) is 11.6 Å². The summed E-state index contributed by atoms with van der Waals surface area (Å²) >= 11 is 5.96. The molecule has 0 bridgehead atoms. The number of nitrogens with zero attached hydrogens (tertiary/aromatic N) is 3. The van der Waals surface area contributed by atoms with Crippen LogP contribution < -0.4 is 0 Å². The number of hydrogen-bond acceptors (Lipinski definition) is 4. The van der Waals surface area contributed by atoms with E-state index in [0.29, 0.717) is 13.2 Å². The van der Waals surface area contributed by atoms with Gasteiger partial charge < -0.3 is 9.30 Å². The van der Waals surface area contributed by atoms with Gasteiger partial charge >= 0.3 is 0 Å². The fraction of sp³-hybridized carbons (Fsp3) is 0.700. The molecular weight excluding hydrogens is 278 g/mol. The molecule has 2 atom stereocenters. The lowest BCUT2D eigenvalue weighted by atomic mass is 10.2. The molecule has 8 heteroatoms. The molecular formula is C10H16ClN3O3S. The fourth-order valence-electron chi connectivity index (χ4n) is 1.89. The third-order valence-electron chi connectivity index (χ3n) is 2.94. The predicted octanol–water partition coefficient (Wildman–Crippen LogP) is 0.871. The summed E-state index contributed by atoms with van der Waals surface area (Å²) in [4.78, 5) is 3.88. The molecule has 0 amide bonds. The van der Waals surface area contributed by atoms with E-state index in [-0.39, 0.29) is 22.3 Å². The Kier molecular flexibility index (Phi) is 3.68. The zero-order chi connectivity index (χ0) is 13.5. The average molecular weight is 294 g/mol. The molecule has 1 aliphatic rings. The van der Waals surface area contributed by atoms with Crippen LogP contribution in [0.25, 0.3) is 0 Å². The van der Waals surface area contributed by atoms with Crippen LogP contribution in [0.2, 0.25) is 5.15 Å². The lowest BCUT2D eigenvalue weighted by Crippen LogP contribution is -2.50. The number of halogens is 1. The zero-order valence-corrected chi connectivity index (χ0v) is 12.1. The SMILES string of the molecule is C[C@H]1CN(S(=O)(=O)c2ncn(C)c2Cl)[C@@H](C)CO1. The second-order valence-electron chi connectivity index (χ2n) is 4.52. The minimum absolute atomic E-state index is 0.0902. The lowest BCUT2D eigenvalue weighted by Gasteiger charge is -2.35. The molecule has 6 nitrogen and oxygen atoms in total. The Hall–Kier alpha value is -0.630. The van der Waals surface area contributed by atoms with Gasteiger partial charge in [0.25, 0.3) is 10.0 Å². The average Bonchev–Trinajstić information content (AvgIpc) is 2.63. The third-order valence-corrected chi connectivity index (χ3v) is 5.41. The minimum atomic E-state index is -3.66. The van der Waals surface area contributed by atoms with E-state index < -0.39 is 10.0 Å². The van der Waals surface area contributed by atoms with Crippen molar-refractivity contribution in [3.05, 3.63) is 11.5 Å². The van der Waals surface area contributed by atoms with Gasteiger partial charge in [0.1, 0.15) is 5.15 Å². The van der Waals surface area contributed by atoms with Crippen molar-refractivity contribution in [2.24, 2.45) is 7.05 Å². The molecule has 0 unspecified atom stereocenters. The van der Waals surface area contributed by atoms with E-state index in [2.05, 4.69) is 4.98 Å². The summed E-state index contributed by atoms with van der Waals surface area (Å²) in [6.07, 6.45) is 1.27. The molecule has 1 aromatic rings. The van der Waals surface area contributed by atoms with Gasteiger partial charge in [0.2, 0.25) is 5.03 Å². The summed E-state index contributed by atoms with van der Waals surface area (Å²) in [5, 5.41) is 0.0361. The number of aromatic nitrogens is 2. The molecule has 0 saturated carbocycles. The number of hydrogen-bond donors (Lipinski definition) is 0. The molecule has 2 rings (SSSR count). The van der Waals surface area contributed by atoms with Crippen LogP contribution in [0.3, 0.4) is 0 Å². The van der Waals surface area contributed by atoms with Gasteiger partial charge in [0, 0.05) is 19.6 Å². The Morgan fingerprint density at radius 3 is 2.72 bits per heavy atom. The molecule has 18 heavy (non-hydrogen) atoms. The molecule has 1 aliphatic heterocycles.